The van der Waals surface area contributed by atoms with Gasteiger partial charge in [-0.15, -0.1) is 0 Å². The zero-order valence-electron chi connectivity index (χ0n) is 15.3. The van der Waals surface area contributed by atoms with Crippen LogP contribution in [0.3, 0.4) is 0 Å². The van der Waals surface area contributed by atoms with Gasteiger partial charge in [-0.1, -0.05) is 39.6 Å². The third-order valence-corrected chi connectivity index (χ3v) is 4.84. The summed E-state index contributed by atoms with van der Waals surface area (Å²) >= 11 is 5.91. The van der Waals surface area contributed by atoms with E-state index in [2.05, 4.69) is 20.2 Å². The molecular formula is C21H13ClF2N5O+. The number of aromatic nitrogens is 5. The first-order chi connectivity index (χ1) is 14.6. The summed E-state index contributed by atoms with van der Waals surface area (Å²) in [6.45, 7) is 0.333. The molecule has 1 N–H and O–H groups in total. The van der Waals surface area contributed by atoms with Crippen LogP contribution in [0.15, 0.2) is 65.4 Å². The summed E-state index contributed by atoms with van der Waals surface area (Å²) < 4.78 is 34.6. The predicted octanol–water partition coefficient (Wildman–Crippen LogP) is 4.55. The van der Waals surface area contributed by atoms with Gasteiger partial charge in [0.05, 0.1) is 5.56 Å². The Labute approximate surface area is 173 Å². The molecule has 0 fully saturated rings. The highest BCUT2D eigenvalue weighted by Gasteiger charge is 2.17. The predicted molar refractivity (Wildman–Crippen MR) is 105 cm³/mol. The number of hydrogen-bond donors (Lipinski definition) is 1. The summed E-state index contributed by atoms with van der Waals surface area (Å²) in [5.74, 6) is -1.05. The molecule has 148 valence electrons. The number of halogens is 3. The number of nitrogens with zero attached hydrogens (tertiary/aromatic N) is 4. The summed E-state index contributed by atoms with van der Waals surface area (Å²) in [7, 11) is 0. The molecule has 5 rings (SSSR count). The second-order valence-corrected chi connectivity index (χ2v) is 7.08. The molecule has 9 heteroatoms. The Hall–Kier alpha value is -3.65. The normalized spacial score (nSPS) is 11.3. The van der Waals surface area contributed by atoms with Crippen LogP contribution in [0.5, 0.6) is 0 Å². The largest absolute Gasteiger partial charge is 0.354 e. The summed E-state index contributed by atoms with van der Waals surface area (Å²) in [6.07, 6.45) is 3.26. The van der Waals surface area contributed by atoms with Crippen LogP contribution in [0, 0.1) is 11.6 Å². The molecule has 6 nitrogen and oxygen atoms in total. The van der Waals surface area contributed by atoms with E-state index < -0.39 is 11.6 Å². The van der Waals surface area contributed by atoms with Gasteiger partial charge in [0.2, 0.25) is 18.5 Å². The Morgan fingerprint density at radius 2 is 1.93 bits per heavy atom. The minimum absolute atomic E-state index is 0.0561. The molecule has 0 amide bonds. The highest BCUT2D eigenvalue weighted by molar-refractivity contribution is 6.30. The molecule has 0 saturated heterocycles. The third kappa shape index (κ3) is 3.42. The zero-order chi connectivity index (χ0) is 20.7. The van der Waals surface area contributed by atoms with E-state index in [0.29, 0.717) is 34.1 Å². The van der Waals surface area contributed by atoms with E-state index >= 15 is 0 Å². The lowest BCUT2D eigenvalue weighted by Crippen LogP contribution is -2.37. The lowest BCUT2D eigenvalue weighted by Gasteiger charge is -1.99. The van der Waals surface area contributed by atoms with Crippen molar-refractivity contribution in [2.24, 2.45) is 0 Å². The molecule has 0 aliphatic rings. The first-order valence-electron chi connectivity index (χ1n) is 8.98. The van der Waals surface area contributed by atoms with Crippen molar-refractivity contribution in [3.63, 3.8) is 0 Å². The first kappa shape index (κ1) is 18.4. The number of H-pyrrole nitrogens is 1. The standard InChI is InChI=1S/C21H12ClF2N5O/c22-13-6-4-12(5-7-13)17-8-14(30-28-17)10-29-11-19-18(9-25-29)26-21(27-19)15-2-1-3-16(23)20(15)24/h1-9,11H,10H2/p+1. The van der Waals surface area contributed by atoms with E-state index in [4.69, 9.17) is 16.1 Å². The second-order valence-electron chi connectivity index (χ2n) is 6.64. The number of benzene rings is 2. The highest BCUT2D eigenvalue weighted by atomic mass is 35.5. The smallest absolute Gasteiger partial charge is 0.234 e. The van der Waals surface area contributed by atoms with Gasteiger partial charge in [-0.2, -0.15) is 0 Å². The molecule has 0 atom stereocenters. The van der Waals surface area contributed by atoms with Gasteiger partial charge in [-0.25, -0.2) is 13.8 Å². The SMILES string of the molecule is Fc1cccc(-c2nc3cn[n+](Cc4cc(-c5ccc(Cl)cc5)no4)cc3[nH]2)c1F. The van der Waals surface area contributed by atoms with E-state index in [1.807, 2.05) is 18.2 Å². The first-order valence-corrected chi connectivity index (χ1v) is 9.36. The second kappa shape index (κ2) is 7.31. The van der Waals surface area contributed by atoms with Crippen molar-refractivity contribution in [1.82, 2.24) is 20.2 Å². The number of imidazole rings is 1. The van der Waals surface area contributed by atoms with Crippen LogP contribution in [0.2, 0.25) is 5.02 Å². The van der Waals surface area contributed by atoms with E-state index in [1.165, 1.54) is 12.1 Å². The molecule has 0 unspecified atom stereocenters. The minimum atomic E-state index is -0.950. The lowest BCUT2D eigenvalue weighted by molar-refractivity contribution is -0.746. The van der Waals surface area contributed by atoms with Crippen molar-refractivity contribution in [3.05, 3.63) is 83.3 Å². The van der Waals surface area contributed by atoms with Gasteiger partial charge in [-0.05, 0) is 29.4 Å². The van der Waals surface area contributed by atoms with Crippen LogP contribution >= 0.6 is 11.6 Å². The van der Waals surface area contributed by atoms with Gasteiger partial charge in [0.15, 0.2) is 11.6 Å². The van der Waals surface area contributed by atoms with Crippen LogP contribution < -0.4 is 4.68 Å². The van der Waals surface area contributed by atoms with Crippen LogP contribution in [0.25, 0.3) is 33.7 Å². The van der Waals surface area contributed by atoms with E-state index in [0.717, 1.165) is 11.6 Å². The lowest BCUT2D eigenvalue weighted by atomic mass is 10.1. The maximum atomic E-state index is 14.1. The Morgan fingerprint density at radius 3 is 2.77 bits per heavy atom. The van der Waals surface area contributed by atoms with Crippen molar-refractivity contribution >= 4 is 22.6 Å². The van der Waals surface area contributed by atoms with Gasteiger partial charge >= 0.3 is 0 Å². The molecule has 5 aromatic rings. The molecule has 0 aliphatic heterocycles. The molecule has 3 aromatic heterocycles. The van der Waals surface area contributed by atoms with Crippen molar-refractivity contribution in [2.45, 2.75) is 6.54 Å². The highest BCUT2D eigenvalue weighted by Crippen LogP contribution is 2.24. The fraction of sp³-hybridized carbons (Fsp3) is 0.0476. The van der Waals surface area contributed by atoms with E-state index in [9.17, 15) is 8.78 Å². The number of rotatable bonds is 4. The van der Waals surface area contributed by atoms with Crippen LogP contribution in [0.1, 0.15) is 5.76 Å². The summed E-state index contributed by atoms with van der Waals surface area (Å²) in [4.78, 5) is 7.30. The maximum absolute atomic E-state index is 14.1. The number of aromatic amines is 1. The summed E-state index contributed by atoms with van der Waals surface area (Å²) in [6, 6.07) is 13.1. The molecule has 2 aromatic carbocycles. The van der Waals surface area contributed by atoms with Gasteiger partial charge in [-0.3, -0.25) is 0 Å². The summed E-state index contributed by atoms with van der Waals surface area (Å²) in [5, 5.41) is 9.03. The van der Waals surface area contributed by atoms with Gasteiger partial charge in [0.25, 0.3) is 0 Å². The maximum Gasteiger partial charge on any atom is 0.234 e. The average Bonchev–Trinajstić information content (AvgIpc) is 3.37. The van der Waals surface area contributed by atoms with Crippen molar-refractivity contribution < 1.29 is 18.0 Å². The third-order valence-electron chi connectivity index (χ3n) is 4.59. The molecule has 30 heavy (non-hydrogen) atoms. The quantitative estimate of drug-likeness (QED) is 0.430. The zero-order valence-corrected chi connectivity index (χ0v) is 16.1. The van der Waals surface area contributed by atoms with Crippen LogP contribution in [-0.4, -0.2) is 20.2 Å². The van der Waals surface area contributed by atoms with Gasteiger partial charge in [0.1, 0.15) is 28.7 Å². The van der Waals surface area contributed by atoms with E-state index in [1.54, 1.807) is 29.2 Å². The van der Waals surface area contributed by atoms with Gasteiger partial charge in [0, 0.05) is 16.7 Å². The Morgan fingerprint density at radius 1 is 1.10 bits per heavy atom. The monoisotopic (exact) mass is 424 g/mol. The molecule has 0 bridgehead atoms. The molecule has 0 spiro atoms. The molecule has 0 radical (unpaired) electrons. The van der Waals surface area contributed by atoms with Crippen molar-refractivity contribution in [2.75, 3.05) is 0 Å². The molecule has 0 saturated carbocycles. The Bertz CT molecular complexity index is 1360. The van der Waals surface area contributed by atoms with Crippen LogP contribution in [-0.2, 0) is 6.54 Å². The van der Waals surface area contributed by atoms with Crippen molar-refractivity contribution in [3.8, 4) is 22.6 Å². The number of nitrogens with one attached hydrogen (secondary N) is 1. The molecule has 0 aliphatic carbocycles. The Kier molecular flexibility index (Phi) is 4.48. The van der Waals surface area contributed by atoms with E-state index in [-0.39, 0.29) is 11.4 Å². The number of fused-ring (bicyclic) bond motifs is 1. The van der Waals surface area contributed by atoms with Crippen molar-refractivity contribution in [1.29, 1.82) is 0 Å². The Balaban J connectivity index is 1.42. The van der Waals surface area contributed by atoms with Crippen LogP contribution in [0.4, 0.5) is 8.78 Å². The fourth-order valence-corrected chi connectivity index (χ4v) is 3.24. The summed E-state index contributed by atoms with van der Waals surface area (Å²) in [5.41, 5.74) is 2.79. The fourth-order valence-electron chi connectivity index (χ4n) is 3.11. The van der Waals surface area contributed by atoms with Gasteiger partial charge < -0.3 is 9.51 Å². The average molecular weight is 425 g/mol. The molecular weight excluding hydrogens is 412 g/mol. The molecule has 3 heterocycles. The minimum Gasteiger partial charge on any atom is -0.354 e. The number of hydrogen-bond acceptors (Lipinski definition) is 4. The topological polar surface area (TPSA) is 71.5 Å².